The zero-order valence-electron chi connectivity index (χ0n) is 19.7. The van der Waals surface area contributed by atoms with Crippen LogP contribution in [-0.4, -0.2) is 28.6 Å². The lowest BCUT2D eigenvalue weighted by Gasteiger charge is -2.13. The van der Waals surface area contributed by atoms with E-state index in [4.69, 9.17) is 21.3 Å². The molecule has 3 aromatic carbocycles. The van der Waals surface area contributed by atoms with Crippen molar-refractivity contribution in [3.05, 3.63) is 94.3 Å². The fourth-order valence-electron chi connectivity index (χ4n) is 4.01. The van der Waals surface area contributed by atoms with Gasteiger partial charge in [0.1, 0.15) is 11.6 Å². The van der Waals surface area contributed by atoms with Crippen LogP contribution in [0.15, 0.2) is 66.7 Å². The van der Waals surface area contributed by atoms with Crippen LogP contribution in [0.2, 0.25) is 5.02 Å². The van der Waals surface area contributed by atoms with Crippen LogP contribution in [0, 0.1) is 13.8 Å². The van der Waals surface area contributed by atoms with Gasteiger partial charge in [-0.15, -0.1) is 0 Å². The highest BCUT2D eigenvalue weighted by Crippen LogP contribution is 2.21. The number of carbonyl (C=O) groups is 1. The Hall–Kier alpha value is -3.31. The van der Waals surface area contributed by atoms with Crippen molar-refractivity contribution in [2.24, 2.45) is 0 Å². The van der Waals surface area contributed by atoms with Crippen LogP contribution in [-0.2, 0) is 24.2 Å². The van der Waals surface area contributed by atoms with E-state index < -0.39 is 0 Å². The molecule has 1 heterocycles. The van der Waals surface area contributed by atoms with Gasteiger partial charge in [-0.2, -0.15) is 0 Å². The molecular weight excluding hydrogens is 446 g/mol. The van der Waals surface area contributed by atoms with Gasteiger partial charge >= 0.3 is 0 Å². The van der Waals surface area contributed by atoms with Gasteiger partial charge in [-0.25, -0.2) is 4.98 Å². The average molecular weight is 476 g/mol. The molecule has 1 N–H and O–H groups in total. The molecule has 1 amide bonds. The molecule has 0 aliphatic rings. The van der Waals surface area contributed by atoms with Crippen LogP contribution >= 0.6 is 11.6 Å². The zero-order valence-corrected chi connectivity index (χ0v) is 20.4. The van der Waals surface area contributed by atoms with Crippen molar-refractivity contribution in [2.75, 3.05) is 13.2 Å². The molecule has 1 aromatic heterocycles. The Labute approximate surface area is 205 Å². The number of hydrogen-bond donors (Lipinski definition) is 1. The third-order valence-electron chi connectivity index (χ3n) is 6.02. The van der Waals surface area contributed by atoms with Gasteiger partial charge in [0.25, 0.3) is 0 Å². The number of aryl methyl sites for hydroxylation is 2. The van der Waals surface area contributed by atoms with Crippen molar-refractivity contribution >= 4 is 28.5 Å². The standard InChI is InChI=1S/C28H30ClN3O2/c1-20-7-5-10-26(21(20)2)34-18-6-17-32-25-9-4-3-8-24(25)31-27(32)15-16-30-28(33)19-22-11-13-23(29)14-12-22/h3-5,7-14H,6,15-19H2,1-2H3,(H,30,33). The first kappa shape index (κ1) is 23.8. The summed E-state index contributed by atoms with van der Waals surface area (Å²) in [5.41, 5.74) is 5.44. The largest absolute Gasteiger partial charge is 0.493 e. The van der Waals surface area contributed by atoms with Gasteiger partial charge in [-0.1, -0.05) is 48.0 Å². The highest BCUT2D eigenvalue weighted by Gasteiger charge is 2.11. The summed E-state index contributed by atoms with van der Waals surface area (Å²) in [4.78, 5) is 17.2. The van der Waals surface area contributed by atoms with E-state index in [1.54, 1.807) is 12.1 Å². The Balaban J connectivity index is 1.34. The smallest absolute Gasteiger partial charge is 0.224 e. The summed E-state index contributed by atoms with van der Waals surface area (Å²) in [7, 11) is 0. The maximum Gasteiger partial charge on any atom is 0.224 e. The Bertz CT molecular complexity index is 1260. The van der Waals surface area contributed by atoms with Gasteiger partial charge < -0.3 is 14.6 Å². The summed E-state index contributed by atoms with van der Waals surface area (Å²) in [5, 5.41) is 3.69. The second-order valence-corrected chi connectivity index (χ2v) is 8.91. The van der Waals surface area contributed by atoms with Gasteiger partial charge in [-0.3, -0.25) is 4.79 Å². The Kier molecular flexibility index (Phi) is 7.86. The summed E-state index contributed by atoms with van der Waals surface area (Å²) in [6, 6.07) is 21.7. The van der Waals surface area contributed by atoms with E-state index in [2.05, 4.69) is 35.9 Å². The topological polar surface area (TPSA) is 56.1 Å². The second-order valence-electron chi connectivity index (χ2n) is 8.47. The second kappa shape index (κ2) is 11.2. The third-order valence-corrected chi connectivity index (χ3v) is 6.27. The summed E-state index contributed by atoms with van der Waals surface area (Å²) in [5.74, 6) is 1.91. The van der Waals surface area contributed by atoms with Crippen molar-refractivity contribution in [3.8, 4) is 5.75 Å². The lowest BCUT2D eigenvalue weighted by Crippen LogP contribution is -2.28. The van der Waals surface area contributed by atoms with E-state index in [-0.39, 0.29) is 5.91 Å². The van der Waals surface area contributed by atoms with Gasteiger partial charge in [0.05, 0.1) is 24.1 Å². The number of aromatic nitrogens is 2. The molecule has 0 saturated heterocycles. The first-order valence-electron chi connectivity index (χ1n) is 11.7. The van der Waals surface area contributed by atoms with Crippen molar-refractivity contribution < 1.29 is 9.53 Å². The van der Waals surface area contributed by atoms with Crippen LogP contribution in [0.25, 0.3) is 11.0 Å². The van der Waals surface area contributed by atoms with Gasteiger partial charge in [0.15, 0.2) is 0 Å². The summed E-state index contributed by atoms with van der Waals surface area (Å²) < 4.78 is 8.29. The summed E-state index contributed by atoms with van der Waals surface area (Å²) in [6.07, 6.45) is 1.87. The highest BCUT2D eigenvalue weighted by molar-refractivity contribution is 6.30. The molecule has 4 aromatic rings. The molecule has 0 saturated carbocycles. The molecule has 0 aliphatic heterocycles. The molecule has 6 heteroatoms. The minimum Gasteiger partial charge on any atom is -0.493 e. The fraction of sp³-hybridized carbons (Fsp3) is 0.286. The number of nitrogens with zero attached hydrogens (tertiary/aromatic N) is 2. The van der Waals surface area contributed by atoms with Crippen LogP contribution < -0.4 is 10.1 Å². The van der Waals surface area contributed by atoms with Gasteiger partial charge in [-0.05, 0) is 67.3 Å². The molecule has 0 spiro atoms. The number of hydrogen-bond acceptors (Lipinski definition) is 3. The third kappa shape index (κ3) is 5.97. The number of fused-ring (bicyclic) bond motifs is 1. The van der Waals surface area contributed by atoms with Crippen LogP contribution in [0.4, 0.5) is 0 Å². The number of ether oxygens (including phenoxy) is 1. The first-order valence-corrected chi connectivity index (χ1v) is 12.0. The number of amides is 1. The normalized spacial score (nSPS) is 11.0. The number of para-hydroxylation sites is 2. The van der Waals surface area contributed by atoms with Crippen molar-refractivity contribution in [1.82, 2.24) is 14.9 Å². The maximum atomic E-state index is 12.4. The van der Waals surface area contributed by atoms with Crippen molar-refractivity contribution in [1.29, 1.82) is 0 Å². The van der Waals surface area contributed by atoms with Crippen molar-refractivity contribution in [3.63, 3.8) is 0 Å². The summed E-state index contributed by atoms with van der Waals surface area (Å²) >= 11 is 5.92. The molecule has 0 aliphatic carbocycles. The highest BCUT2D eigenvalue weighted by atomic mass is 35.5. The molecule has 0 atom stereocenters. The molecule has 176 valence electrons. The molecular formula is C28H30ClN3O2. The molecule has 34 heavy (non-hydrogen) atoms. The minimum atomic E-state index is -0.00749. The van der Waals surface area contributed by atoms with E-state index in [9.17, 15) is 4.79 Å². The molecule has 4 rings (SSSR count). The monoisotopic (exact) mass is 475 g/mol. The minimum absolute atomic E-state index is 0.00749. The van der Waals surface area contributed by atoms with E-state index in [1.165, 1.54) is 11.1 Å². The molecule has 0 bridgehead atoms. The lowest BCUT2D eigenvalue weighted by molar-refractivity contribution is -0.120. The quantitative estimate of drug-likeness (QED) is 0.300. The van der Waals surface area contributed by atoms with E-state index in [0.29, 0.717) is 31.0 Å². The summed E-state index contributed by atoms with van der Waals surface area (Å²) in [6.45, 7) is 6.16. The number of benzene rings is 3. The van der Waals surface area contributed by atoms with E-state index in [1.807, 2.05) is 42.5 Å². The van der Waals surface area contributed by atoms with Crippen molar-refractivity contribution in [2.45, 2.75) is 39.7 Å². The number of imidazole rings is 1. The number of halogens is 1. The molecule has 0 radical (unpaired) electrons. The zero-order chi connectivity index (χ0) is 23.9. The fourth-order valence-corrected chi connectivity index (χ4v) is 4.14. The Morgan fingerprint density at radius 2 is 1.82 bits per heavy atom. The van der Waals surface area contributed by atoms with E-state index in [0.717, 1.165) is 41.1 Å². The molecule has 5 nitrogen and oxygen atoms in total. The Morgan fingerprint density at radius 3 is 2.65 bits per heavy atom. The lowest BCUT2D eigenvalue weighted by atomic mass is 10.1. The molecule has 0 fully saturated rings. The number of rotatable bonds is 10. The maximum absolute atomic E-state index is 12.4. The van der Waals surface area contributed by atoms with E-state index >= 15 is 0 Å². The van der Waals surface area contributed by atoms with Gasteiger partial charge in [0.2, 0.25) is 5.91 Å². The van der Waals surface area contributed by atoms with Crippen LogP contribution in [0.1, 0.15) is 28.9 Å². The Morgan fingerprint density at radius 1 is 1.03 bits per heavy atom. The first-order chi connectivity index (χ1) is 16.5. The predicted octanol–water partition coefficient (Wildman–Crippen LogP) is 5.68. The average Bonchev–Trinajstić information content (AvgIpc) is 3.18. The molecule has 0 unspecified atom stereocenters. The van der Waals surface area contributed by atoms with Crippen LogP contribution in [0.5, 0.6) is 5.75 Å². The number of carbonyl (C=O) groups excluding carboxylic acids is 1. The predicted molar refractivity (Wildman–Crippen MR) is 138 cm³/mol. The van der Waals surface area contributed by atoms with Gasteiger partial charge in [0, 0.05) is 24.5 Å². The SMILES string of the molecule is Cc1cccc(OCCCn2c(CCNC(=O)Cc3ccc(Cl)cc3)nc3ccccc32)c1C. The van der Waals surface area contributed by atoms with Crippen LogP contribution in [0.3, 0.4) is 0 Å². The number of nitrogens with one attached hydrogen (secondary N) is 1.